The van der Waals surface area contributed by atoms with Crippen molar-refractivity contribution in [2.75, 3.05) is 0 Å². The van der Waals surface area contributed by atoms with E-state index < -0.39 is 0 Å². The summed E-state index contributed by atoms with van der Waals surface area (Å²) in [6.45, 7) is 1.90. The molecule has 2 aromatic heterocycles. The van der Waals surface area contributed by atoms with Gasteiger partial charge in [0.2, 0.25) is 0 Å². The average molecular weight is 316 g/mol. The lowest BCUT2D eigenvalue weighted by molar-refractivity contribution is 0.318. The van der Waals surface area contributed by atoms with Gasteiger partial charge in [0.25, 0.3) is 0 Å². The molecule has 0 atom stereocenters. The molecule has 0 unspecified atom stereocenters. The Balaban J connectivity index is 2.02. The fourth-order valence-corrected chi connectivity index (χ4v) is 3.99. The number of thiazole rings is 1. The van der Waals surface area contributed by atoms with E-state index in [4.69, 9.17) is 10.9 Å². The zero-order valence-electron chi connectivity index (χ0n) is 11.1. The van der Waals surface area contributed by atoms with Gasteiger partial charge in [-0.25, -0.2) is 9.97 Å². The van der Waals surface area contributed by atoms with Crippen LogP contribution in [0.2, 0.25) is 0 Å². The second-order valence-corrected chi connectivity index (χ2v) is 6.61. The highest BCUT2D eigenvalue weighted by molar-refractivity contribution is 8.01. The molecule has 3 N–H and O–H groups in total. The highest BCUT2D eigenvalue weighted by Crippen LogP contribution is 2.34. The molecule has 0 fully saturated rings. The van der Waals surface area contributed by atoms with Gasteiger partial charge in [-0.2, -0.15) is 0 Å². The standard InChI is InChI=1S/C14H12N4OS2/c1-8-6-7-9(12(15)18-19)13(16-8)21-14-17-10-4-2-3-5-11(10)20-14/h2-7,19H,1H3,(H2,15,18). The van der Waals surface area contributed by atoms with Gasteiger partial charge in [0.15, 0.2) is 10.2 Å². The van der Waals surface area contributed by atoms with Crippen LogP contribution in [0.15, 0.2) is 50.9 Å². The summed E-state index contributed by atoms with van der Waals surface area (Å²) in [7, 11) is 0. The summed E-state index contributed by atoms with van der Waals surface area (Å²) >= 11 is 3.02. The number of nitrogens with two attached hydrogens (primary N) is 1. The number of amidine groups is 1. The summed E-state index contributed by atoms with van der Waals surface area (Å²) in [6.07, 6.45) is 0. The van der Waals surface area contributed by atoms with Gasteiger partial charge in [-0.1, -0.05) is 17.3 Å². The predicted octanol–water partition coefficient (Wildman–Crippen LogP) is 3.25. The maximum atomic E-state index is 8.88. The van der Waals surface area contributed by atoms with Crippen LogP contribution in [-0.4, -0.2) is 21.0 Å². The molecule has 0 saturated heterocycles. The first kappa shape index (κ1) is 13.8. The normalized spacial score (nSPS) is 12.0. The van der Waals surface area contributed by atoms with Gasteiger partial charge < -0.3 is 10.9 Å². The Kier molecular flexibility index (Phi) is 3.76. The number of para-hydroxylation sites is 1. The van der Waals surface area contributed by atoms with Gasteiger partial charge in [0.1, 0.15) is 5.03 Å². The van der Waals surface area contributed by atoms with Crippen LogP contribution in [0.4, 0.5) is 0 Å². The fourth-order valence-electron chi connectivity index (χ4n) is 1.84. The van der Waals surface area contributed by atoms with Crippen molar-refractivity contribution in [3.8, 4) is 0 Å². The van der Waals surface area contributed by atoms with Crippen LogP contribution in [0, 0.1) is 6.92 Å². The Bertz CT molecular complexity index is 796. The quantitative estimate of drug-likeness (QED) is 0.335. The summed E-state index contributed by atoms with van der Waals surface area (Å²) in [5.41, 5.74) is 8.14. The minimum absolute atomic E-state index is 0.0473. The van der Waals surface area contributed by atoms with Crippen LogP contribution in [0.3, 0.4) is 0 Å². The molecule has 0 aliphatic carbocycles. The Labute approximate surface area is 129 Å². The lowest BCUT2D eigenvalue weighted by Gasteiger charge is -2.06. The number of hydrogen-bond acceptors (Lipinski definition) is 6. The third kappa shape index (κ3) is 2.84. The van der Waals surface area contributed by atoms with Crippen molar-refractivity contribution >= 4 is 39.2 Å². The minimum Gasteiger partial charge on any atom is -0.409 e. The zero-order valence-corrected chi connectivity index (χ0v) is 12.8. The van der Waals surface area contributed by atoms with E-state index in [9.17, 15) is 0 Å². The molecule has 7 heteroatoms. The molecule has 0 bridgehead atoms. The number of rotatable bonds is 3. The van der Waals surface area contributed by atoms with Crippen molar-refractivity contribution in [2.45, 2.75) is 16.3 Å². The topological polar surface area (TPSA) is 84.4 Å². The summed E-state index contributed by atoms with van der Waals surface area (Å²) in [5.74, 6) is 0.0473. The Hall–Kier alpha value is -2.12. The minimum atomic E-state index is 0.0473. The number of pyridine rings is 1. The number of hydrogen-bond donors (Lipinski definition) is 2. The van der Waals surface area contributed by atoms with Gasteiger partial charge in [-0.3, -0.25) is 0 Å². The van der Waals surface area contributed by atoms with E-state index in [1.54, 1.807) is 17.4 Å². The van der Waals surface area contributed by atoms with Crippen molar-refractivity contribution < 1.29 is 5.21 Å². The molecule has 0 aliphatic rings. The number of nitrogens with zero attached hydrogens (tertiary/aromatic N) is 3. The van der Waals surface area contributed by atoms with Crippen LogP contribution in [-0.2, 0) is 0 Å². The zero-order chi connectivity index (χ0) is 14.8. The molecule has 3 rings (SSSR count). The van der Waals surface area contributed by atoms with E-state index in [0.717, 1.165) is 20.3 Å². The molecular formula is C14H12N4OS2. The van der Waals surface area contributed by atoms with Crippen molar-refractivity contribution in [1.29, 1.82) is 0 Å². The molecule has 0 radical (unpaired) electrons. The molecule has 5 nitrogen and oxygen atoms in total. The molecule has 0 saturated carbocycles. The van der Waals surface area contributed by atoms with Gasteiger partial charge >= 0.3 is 0 Å². The lowest BCUT2D eigenvalue weighted by atomic mass is 10.2. The van der Waals surface area contributed by atoms with Crippen molar-refractivity contribution in [1.82, 2.24) is 9.97 Å². The lowest BCUT2D eigenvalue weighted by Crippen LogP contribution is -2.15. The molecule has 106 valence electrons. The van der Waals surface area contributed by atoms with E-state index in [1.165, 1.54) is 11.8 Å². The molecule has 3 aromatic rings. The number of aromatic nitrogens is 2. The molecule has 2 heterocycles. The molecule has 0 aliphatic heterocycles. The monoisotopic (exact) mass is 316 g/mol. The predicted molar refractivity (Wildman–Crippen MR) is 85.2 cm³/mol. The maximum absolute atomic E-state index is 8.88. The van der Waals surface area contributed by atoms with Crippen molar-refractivity contribution in [3.63, 3.8) is 0 Å². The van der Waals surface area contributed by atoms with Crippen LogP contribution < -0.4 is 5.73 Å². The summed E-state index contributed by atoms with van der Waals surface area (Å²) in [6, 6.07) is 11.6. The first-order valence-corrected chi connectivity index (χ1v) is 7.79. The largest absolute Gasteiger partial charge is 0.409 e. The van der Waals surface area contributed by atoms with Gasteiger partial charge in [0.05, 0.1) is 15.8 Å². The Morgan fingerprint density at radius 1 is 1.24 bits per heavy atom. The maximum Gasteiger partial charge on any atom is 0.172 e. The SMILES string of the molecule is Cc1ccc(C(N)=NO)c(Sc2nc3ccccc3s2)n1. The first-order valence-electron chi connectivity index (χ1n) is 6.16. The highest BCUT2D eigenvalue weighted by Gasteiger charge is 2.13. The Morgan fingerprint density at radius 3 is 2.81 bits per heavy atom. The second-order valence-electron chi connectivity index (χ2n) is 4.34. The van der Waals surface area contributed by atoms with E-state index in [1.807, 2.05) is 37.3 Å². The first-order chi connectivity index (χ1) is 10.2. The van der Waals surface area contributed by atoms with Crippen molar-refractivity contribution in [3.05, 3.63) is 47.7 Å². The van der Waals surface area contributed by atoms with Gasteiger partial charge in [-0.05, 0) is 43.0 Å². The van der Waals surface area contributed by atoms with Crippen LogP contribution >= 0.6 is 23.1 Å². The van der Waals surface area contributed by atoms with Gasteiger partial charge in [-0.15, -0.1) is 11.3 Å². The van der Waals surface area contributed by atoms with Crippen LogP contribution in [0.25, 0.3) is 10.2 Å². The number of aryl methyl sites for hydroxylation is 1. The van der Waals surface area contributed by atoms with Crippen LogP contribution in [0.5, 0.6) is 0 Å². The fraction of sp³-hybridized carbons (Fsp3) is 0.0714. The summed E-state index contributed by atoms with van der Waals surface area (Å²) in [5, 5.41) is 12.6. The van der Waals surface area contributed by atoms with E-state index in [0.29, 0.717) is 10.6 Å². The molecule has 1 aromatic carbocycles. The molecular weight excluding hydrogens is 304 g/mol. The van der Waals surface area contributed by atoms with Gasteiger partial charge in [0, 0.05) is 5.69 Å². The number of fused-ring (bicyclic) bond motifs is 1. The van der Waals surface area contributed by atoms with Crippen LogP contribution in [0.1, 0.15) is 11.3 Å². The van der Waals surface area contributed by atoms with E-state index >= 15 is 0 Å². The third-order valence-electron chi connectivity index (χ3n) is 2.84. The van der Waals surface area contributed by atoms with E-state index in [-0.39, 0.29) is 5.84 Å². The van der Waals surface area contributed by atoms with E-state index in [2.05, 4.69) is 15.1 Å². The second kappa shape index (κ2) is 5.71. The Morgan fingerprint density at radius 2 is 2.05 bits per heavy atom. The highest BCUT2D eigenvalue weighted by atomic mass is 32.2. The number of benzene rings is 1. The smallest absolute Gasteiger partial charge is 0.172 e. The molecule has 0 spiro atoms. The summed E-state index contributed by atoms with van der Waals surface area (Å²) < 4.78 is 2.00. The van der Waals surface area contributed by atoms with Crippen molar-refractivity contribution in [2.24, 2.45) is 10.9 Å². The molecule has 0 amide bonds. The summed E-state index contributed by atoms with van der Waals surface area (Å²) in [4.78, 5) is 9.03. The average Bonchev–Trinajstić information content (AvgIpc) is 2.89. The molecule has 21 heavy (non-hydrogen) atoms. The third-order valence-corrected chi connectivity index (χ3v) is 4.94. The number of oxime groups is 1.